The predicted octanol–water partition coefficient (Wildman–Crippen LogP) is 5.13. The molecular formula is C38H54BN4O3. The van der Waals surface area contributed by atoms with Crippen LogP contribution in [-0.4, -0.2) is 55.1 Å². The number of hydrogen-bond donors (Lipinski definition) is 3. The van der Waals surface area contributed by atoms with E-state index in [0.717, 1.165) is 30.4 Å². The highest BCUT2D eigenvalue weighted by Gasteiger charge is 2.43. The number of fused-ring (bicyclic) bond motifs is 2. The highest BCUT2D eigenvalue weighted by atomic mass is 16.2. The van der Waals surface area contributed by atoms with Crippen molar-refractivity contribution in [2.45, 2.75) is 135 Å². The van der Waals surface area contributed by atoms with Gasteiger partial charge in [0.1, 0.15) is 12.1 Å². The van der Waals surface area contributed by atoms with Crippen molar-refractivity contribution in [1.29, 1.82) is 0 Å². The maximum Gasteiger partial charge on any atom is 0.246 e. The Balaban J connectivity index is 1.43. The van der Waals surface area contributed by atoms with Crippen molar-refractivity contribution in [3.05, 3.63) is 64.7 Å². The lowest BCUT2D eigenvalue weighted by Crippen LogP contribution is -2.62. The quantitative estimate of drug-likeness (QED) is 0.355. The van der Waals surface area contributed by atoms with E-state index in [2.05, 4.69) is 59.6 Å². The molecule has 1 radical (unpaired) electrons. The molecule has 0 unspecified atom stereocenters. The molecule has 2 aliphatic carbocycles. The van der Waals surface area contributed by atoms with Gasteiger partial charge in [-0.1, -0.05) is 119 Å². The largest absolute Gasteiger partial charge is 0.347 e. The van der Waals surface area contributed by atoms with Gasteiger partial charge in [-0.05, 0) is 60.9 Å². The van der Waals surface area contributed by atoms with E-state index in [9.17, 15) is 14.4 Å². The van der Waals surface area contributed by atoms with Crippen molar-refractivity contribution >= 4 is 30.5 Å². The zero-order valence-corrected chi connectivity index (χ0v) is 28.7. The molecule has 46 heavy (non-hydrogen) atoms. The van der Waals surface area contributed by atoms with Crippen molar-refractivity contribution < 1.29 is 14.4 Å². The van der Waals surface area contributed by atoms with Crippen molar-refractivity contribution in [3.63, 3.8) is 0 Å². The molecule has 1 saturated carbocycles. The summed E-state index contributed by atoms with van der Waals surface area (Å²) in [4.78, 5) is 43.6. The Kier molecular flexibility index (Phi) is 11.3. The Hall–Kier alpha value is -3.13. The topological polar surface area (TPSA) is 90.5 Å². The highest BCUT2D eigenvalue weighted by Crippen LogP contribution is 2.32. The maximum atomic E-state index is 14.6. The van der Waals surface area contributed by atoms with Gasteiger partial charge in [0.2, 0.25) is 17.7 Å². The van der Waals surface area contributed by atoms with Crippen LogP contribution in [0.5, 0.6) is 0 Å². The van der Waals surface area contributed by atoms with Gasteiger partial charge in [-0.3, -0.25) is 14.4 Å². The Labute approximate surface area is 277 Å². The van der Waals surface area contributed by atoms with Crippen molar-refractivity contribution in [3.8, 4) is 0 Å². The van der Waals surface area contributed by atoms with E-state index >= 15 is 0 Å². The summed E-state index contributed by atoms with van der Waals surface area (Å²) < 4.78 is 0. The molecule has 0 bridgehead atoms. The number of rotatable bonds is 8. The number of amides is 3. The van der Waals surface area contributed by atoms with Gasteiger partial charge < -0.3 is 20.9 Å². The Morgan fingerprint density at radius 1 is 0.891 bits per heavy atom. The third-order valence-electron chi connectivity index (χ3n) is 10.4. The average Bonchev–Trinajstić information content (AvgIpc) is 3.03. The molecule has 3 N–H and O–H groups in total. The number of hydrogen-bond acceptors (Lipinski definition) is 4. The SMILES string of the molecule is CN[C@@H](C)C(=O)N[C@H](C(=O)N1Cc2cc([B]C3CCCCCCC3)ccc2C[C@H]1C(=O)N[C@@H]1CCCc2ccccc21)C(C)(C)C. The van der Waals surface area contributed by atoms with Gasteiger partial charge in [-0.25, -0.2) is 0 Å². The van der Waals surface area contributed by atoms with E-state index in [1.807, 2.05) is 26.8 Å². The lowest BCUT2D eigenvalue weighted by Gasteiger charge is -2.42. The number of likely N-dealkylation sites (N-methyl/N-ethyl adjacent to an activating group) is 1. The first-order chi connectivity index (χ1) is 22.0. The second kappa shape index (κ2) is 15.2. The summed E-state index contributed by atoms with van der Waals surface area (Å²) in [6, 6.07) is 13.0. The van der Waals surface area contributed by atoms with Crippen LogP contribution in [0.25, 0.3) is 0 Å². The van der Waals surface area contributed by atoms with Crippen LogP contribution >= 0.6 is 0 Å². The molecule has 0 aromatic heterocycles. The monoisotopic (exact) mass is 625 g/mol. The number of aryl methyl sites for hydroxylation is 1. The number of nitrogens with one attached hydrogen (secondary N) is 3. The summed E-state index contributed by atoms with van der Waals surface area (Å²) in [5, 5.41) is 9.35. The molecule has 3 aliphatic rings. The van der Waals surface area contributed by atoms with E-state index in [1.54, 1.807) is 18.9 Å². The molecule has 247 valence electrons. The molecule has 4 atom stereocenters. The molecule has 7 nitrogen and oxygen atoms in total. The molecule has 1 heterocycles. The van der Waals surface area contributed by atoms with Crippen LogP contribution in [0, 0.1) is 5.41 Å². The van der Waals surface area contributed by atoms with Crippen LogP contribution in [-0.2, 0) is 33.8 Å². The van der Waals surface area contributed by atoms with E-state index in [1.165, 1.54) is 61.5 Å². The first-order valence-electron chi connectivity index (χ1n) is 17.7. The zero-order valence-electron chi connectivity index (χ0n) is 28.7. The third kappa shape index (κ3) is 8.23. The van der Waals surface area contributed by atoms with Crippen LogP contribution in [0.15, 0.2) is 42.5 Å². The summed E-state index contributed by atoms with van der Waals surface area (Å²) >= 11 is 0. The minimum Gasteiger partial charge on any atom is -0.347 e. The number of benzene rings is 2. The molecule has 8 heteroatoms. The molecule has 0 spiro atoms. The van der Waals surface area contributed by atoms with Crippen molar-refractivity contribution in [2.24, 2.45) is 5.41 Å². The first-order valence-corrected chi connectivity index (χ1v) is 17.7. The molecular weight excluding hydrogens is 571 g/mol. The van der Waals surface area contributed by atoms with Crippen LogP contribution < -0.4 is 21.4 Å². The van der Waals surface area contributed by atoms with Gasteiger partial charge in [0, 0.05) is 13.0 Å². The Bertz CT molecular complexity index is 1380. The third-order valence-corrected chi connectivity index (χ3v) is 10.4. The number of carbonyl (C=O) groups is 3. The second-order valence-electron chi connectivity index (χ2n) is 15.0. The number of carbonyl (C=O) groups excluding carboxylic acids is 3. The molecule has 1 aliphatic heterocycles. The van der Waals surface area contributed by atoms with Crippen molar-refractivity contribution in [2.75, 3.05) is 7.05 Å². The summed E-state index contributed by atoms with van der Waals surface area (Å²) in [7, 11) is 4.16. The second-order valence-corrected chi connectivity index (χ2v) is 15.0. The molecule has 0 saturated heterocycles. The first kappa shape index (κ1) is 34.2. The smallest absolute Gasteiger partial charge is 0.246 e. The van der Waals surface area contributed by atoms with Gasteiger partial charge in [0.05, 0.1) is 12.1 Å². The molecule has 2 aromatic carbocycles. The summed E-state index contributed by atoms with van der Waals surface area (Å²) in [5.74, 6) is -0.00264. The minimum absolute atomic E-state index is 0.0776. The van der Waals surface area contributed by atoms with Crippen LogP contribution in [0.2, 0.25) is 5.82 Å². The summed E-state index contributed by atoms with van der Waals surface area (Å²) in [6.45, 7) is 8.02. The van der Waals surface area contributed by atoms with Gasteiger partial charge in [0.15, 0.2) is 7.28 Å². The van der Waals surface area contributed by atoms with E-state index in [-0.39, 0.29) is 23.8 Å². The fraction of sp³-hybridized carbons (Fsp3) is 0.605. The van der Waals surface area contributed by atoms with Gasteiger partial charge in [-0.2, -0.15) is 0 Å². The minimum atomic E-state index is -0.785. The number of nitrogens with zero attached hydrogens (tertiary/aromatic N) is 1. The zero-order chi connectivity index (χ0) is 32.8. The van der Waals surface area contributed by atoms with Gasteiger partial charge in [-0.15, -0.1) is 0 Å². The molecule has 1 fully saturated rings. The fourth-order valence-electron chi connectivity index (χ4n) is 7.48. The molecule has 2 aromatic rings. The van der Waals surface area contributed by atoms with Crippen LogP contribution in [0.1, 0.15) is 114 Å². The summed E-state index contributed by atoms with van der Waals surface area (Å²) in [6.07, 6.45) is 12.4. The summed E-state index contributed by atoms with van der Waals surface area (Å²) in [5.41, 5.74) is 5.29. The predicted molar refractivity (Wildman–Crippen MR) is 186 cm³/mol. The maximum absolute atomic E-state index is 14.6. The van der Waals surface area contributed by atoms with E-state index in [4.69, 9.17) is 0 Å². The highest BCUT2D eigenvalue weighted by molar-refractivity contribution is 6.55. The van der Waals surface area contributed by atoms with Gasteiger partial charge >= 0.3 is 0 Å². The van der Waals surface area contributed by atoms with Gasteiger partial charge in [0.25, 0.3) is 0 Å². The normalized spacial score (nSPS) is 21.9. The lowest BCUT2D eigenvalue weighted by molar-refractivity contribution is -0.147. The Morgan fingerprint density at radius 2 is 1.61 bits per heavy atom. The standard InChI is InChI=1S/C38H54BN4O3/c1-25(40-5)35(44)42-34(38(2,3)4)37(46)43-24-28-22-30(39-29-16-9-7-6-8-10-17-29)21-20-27(28)23-33(43)36(45)41-32-19-13-15-26-14-11-12-18-31(26)32/h11-12,14,18,20-22,25,29,32-34,40H,6-10,13,15-17,19,23-24H2,1-5H3,(H,41,45)(H,42,44)/t25-,32+,33-,34+/m0/s1. The lowest BCUT2D eigenvalue weighted by atomic mass is 9.55. The van der Waals surface area contributed by atoms with Crippen molar-refractivity contribution in [1.82, 2.24) is 20.9 Å². The van der Waals surface area contributed by atoms with E-state index < -0.39 is 23.5 Å². The average molecular weight is 626 g/mol. The Morgan fingerprint density at radius 3 is 2.33 bits per heavy atom. The molecule has 3 amide bonds. The van der Waals surface area contributed by atoms with E-state index in [0.29, 0.717) is 18.8 Å². The van der Waals surface area contributed by atoms with Crippen LogP contribution in [0.4, 0.5) is 0 Å². The molecule has 5 rings (SSSR count). The fourth-order valence-corrected chi connectivity index (χ4v) is 7.48. The van der Waals surface area contributed by atoms with Crippen LogP contribution in [0.3, 0.4) is 0 Å².